The number of nitrogens with two attached hydrogens (primary N) is 1. The van der Waals surface area contributed by atoms with E-state index in [-0.39, 0.29) is 10.5 Å². The summed E-state index contributed by atoms with van der Waals surface area (Å²) in [5, 5.41) is 5.12. The highest BCUT2D eigenvalue weighted by Crippen LogP contribution is 2.26. The molecule has 1 aromatic rings. The van der Waals surface area contributed by atoms with Gasteiger partial charge in [0.25, 0.3) is 0 Å². The second-order valence-corrected chi connectivity index (χ2v) is 7.51. The van der Waals surface area contributed by atoms with Crippen LogP contribution in [-0.2, 0) is 14.8 Å². The fourth-order valence-corrected chi connectivity index (χ4v) is 2.82. The summed E-state index contributed by atoms with van der Waals surface area (Å²) in [6.07, 6.45) is 0. The Hall–Kier alpha value is -0.920. The molecule has 0 saturated heterocycles. The molecule has 1 rings (SSSR count). The molecule has 0 saturated carbocycles. The lowest BCUT2D eigenvalue weighted by Crippen LogP contribution is -2.24. The first-order valence-corrected chi connectivity index (χ1v) is 7.82. The van der Waals surface area contributed by atoms with Crippen LogP contribution in [0, 0.1) is 6.92 Å². The van der Waals surface area contributed by atoms with E-state index in [4.69, 9.17) is 9.88 Å². The Kier molecular flexibility index (Phi) is 4.44. The Bertz CT molecular complexity index is 617. The Morgan fingerprint density at radius 3 is 2.26 bits per heavy atom. The Labute approximate surface area is 121 Å². The smallest absolute Gasteiger partial charge is 0.338 e. The molecule has 0 bridgehead atoms. The van der Waals surface area contributed by atoms with E-state index in [1.54, 1.807) is 27.7 Å². The SMILES string of the molecule is Cc1c(Br)cc(C(=O)OC(C)(C)C)cc1S(N)(=O)=O. The van der Waals surface area contributed by atoms with Crippen LogP contribution >= 0.6 is 15.9 Å². The van der Waals surface area contributed by atoms with Crippen LogP contribution in [0.3, 0.4) is 0 Å². The lowest BCUT2D eigenvalue weighted by atomic mass is 10.1. The van der Waals surface area contributed by atoms with Crippen molar-refractivity contribution < 1.29 is 17.9 Å². The predicted molar refractivity (Wildman–Crippen MR) is 75.4 cm³/mol. The highest BCUT2D eigenvalue weighted by Gasteiger charge is 2.22. The molecule has 0 aliphatic rings. The summed E-state index contributed by atoms with van der Waals surface area (Å²) in [6, 6.07) is 2.74. The van der Waals surface area contributed by atoms with Gasteiger partial charge < -0.3 is 4.74 Å². The number of halogens is 1. The number of esters is 1. The zero-order chi connectivity index (χ0) is 15.0. The second-order valence-electron chi connectivity index (χ2n) is 5.13. The molecule has 0 aliphatic carbocycles. The van der Waals surface area contributed by atoms with Crippen LogP contribution in [0.1, 0.15) is 36.7 Å². The van der Waals surface area contributed by atoms with Crippen LogP contribution in [-0.4, -0.2) is 20.0 Å². The molecule has 0 heterocycles. The minimum absolute atomic E-state index is 0.0947. The monoisotopic (exact) mass is 349 g/mol. The highest BCUT2D eigenvalue weighted by molar-refractivity contribution is 9.10. The van der Waals surface area contributed by atoms with Crippen molar-refractivity contribution >= 4 is 31.9 Å². The molecule has 2 N–H and O–H groups in total. The maximum absolute atomic E-state index is 11.9. The maximum atomic E-state index is 11.9. The molecule has 0 fully saturated rings. The molecule has 5 nitrogen and oxygen atoms in total. The number of carbonyl (C=O) groups is 1. The van der Waals surface area contributed by atoms with Gasteiger partial charge in [0, 0.05) is 4.47 Å². The van der Waals surface area contributed by atoms with E-state index in [9.17, 15) is 13.2 Å². The van der Waals surface area contributed by atoms with Crippen LogP contribution in [0.2, 0.25) is 0 Å². The third-order valence-electron chi connectivity index (χ3n) is 2.24. The van der Waals surface area contributed by atoms with Crippen LogP contribution in [0.4, 0.5) is 0 Å². The number of primary sulfonamides is 1. The fourth-order valence-electron chi connectivity index (χ4n) is 1.40. The van der Waals surface area contributed by atoms with Gasteiger partial charge in [0.1, 0.15) is 5.60 Å². The summed E-state index contributed by atoms with van der Waals surface area (Å²) in [7, 11) is -3.89. The molecule has 7 heteroatoms. The van der Waals surface area contributed by atoms with Gasteiger partial charge in [-0.2, -0.15) is 0 Å². The van der Waals surface area contributed by atoms with Crippen molar-refractivity contribution in [2.75, 3.05) is 0 Å². The first-order chi connectivity index (χ1) is 8.42. The molecule has 0 spiro atoms. The van der Waals surface area contributed by atoms with Crippen LogP contribution < -0.4 is 5.14 Å². The quantitative estimate of drug-likeness (QED) is 0.830. The molecule has 0 aliphatic heterocycles. The van der Waals surface area contributed by atoms with Gasteiger partial charge in [-0.1, -0.05) is 15.9 Å². The number of hydrogen-bond donors (Lipinski definition) is 1. The normalized spacial score (nSPS) is 12.3. The molecule has 0 unspecified atom stereocenters. The van der Waals surface area contributed by atoms with Crippen molar-refractivity contribution in [3.63, 3.8) is 0 Å². The van der Waals surface area contributed by atoms with Gasteiger partial charge in [-0.25, -0.2) is 18.4 Å². The molecule has 106 valence electrons. The standard InChI is InChI=1S/C12H16BrNO4S/c1-7-9(13)5-8(6-10(7)19(14,16)17)11(15)18-12(2,3)4/h5-6H,1-4H3,(H2,14,16,17). The summed E-state index contributed by atoms with van der Waals surface area (Å²) >= 11 is 3.21. The third-order valence-corrected chi connectivity index (χ3v) is 4.10. The molecule has 0 aromatic heterocycles. The van der Waals surface area contributed by atoms with Gasteiger partial charge in [-0.3, -0.25) is 0 Å². The van der Waals surface area contributed by atoms with Gasteiger partial charge in [0.15, 0.2) is 0 Å². The van der Waals surface area contributed by atoms with Crippen molar-refractivity contribution in [1.82, 2.24) is 0 Å². The molecular weight excluding hydrogens is 334 g/mol. The molecule has 0 radical (unpaired) electrons. The third kappa shape index (κ3) is 4.29. The van der Waals surface area contributed by atoms with E-state index in [1.807, 2.05) is 0 Å². The molecule has 0 atom stereocenters. The topological polar surface area (TPSA) is 86.5 Å². The lowest BCUT2D eigenvalue weighted by Gasteiger charge is -2.20. The average Bonchev–Trinajstić information content (AvgIpc) is 2.17. The van der Waals surface area contributed by atoms with Crippen LogP contribution in [0.5, 0.6) is 0 Å². The summed E-state index contributed by atoms with van der Waals surface area (Å²) in [6.45, 7) is 6.79. The molecule has 0 amide bonds. The van der Waals surface area contributed by atoms with Gasteiger partial charge >= 0.3 is 5.97 Å². The van der Waals surface area contributed by atoms with Gasteiger partial charge in [-0.15, -0.1) is 0 Å². The predicted octanol–water partition coefficient (Wildman–Crippen LogP) is 2.36. The van der Waals surface area contributed by atoms with Gasteiger partial charge in [0.2, 0.25) is 10.0 Å². The van der Waals surface area contributed by atoms with Crippen LogP contribution in [0.25, 0.3) is 0 Å². The molecule has 1 aromatic carbocycles. The Morgan fingerprint density at radius 2 is 1.84 bits per heavy atom. The summed E-state index contributed by atoms with van der Waals surface area (Å²) in [5.74, 6) is -0.599. The average molecular weight is 350 g/mol. The number of benzene rings is 1. The van der Waals surface area contributed by atoms with Crippen molar-refractivity contribution in [2.24, 2.45) is 5.14 Å². The van der Waals surface area contributed by atoms with Crippen molar-refractivity contribution in [3.8, 4) is 0 Å². The minimum atomic E-state index is -3.89. The number of rotatable bonds is 2. The fraction of sp³-hybridized carbons (Fsp3) is 0.417. The largest absolute Gasteiger partial charge is 0.456 e. The van der Waals surface area contributed by atoms with E-state index < -0.39 is 21.6 Å². The van der Waals surface area contributed by atoms with Gasteiger partial charge in [-0.05, 0) is 45.4 Å². The summed E-state index contributed by atoms with van der Waals surface area (Å²) in [4.78, 5) is 11.8. The van der Waals surface area contributed by atoms with E-state index in [0.29, 0.717) is 10.0 Å². The minimum Gasteiger partial charge on any atom is -0.456 e. The number of sulfonamides is 1. The first-order valence-electron chi connectivity index (χ1n) is 5.48. The zero-order valence-electron chi connectivity index (χ0n) is 11.2. The Balaban J connectivity index is 3.33. The molecular formula is C12H16BrNO4S. The molecule has 19 heavy (non-hydrogen) atoms. The highest BCUT2D eigenvalue weighted by atomic mass is 79.9. The first kappa shape index (κ1) is 16.1. The van der Waals surface area contributed by atoms with Gasteiger partial charge in [0.05, 0.1) is 10.5 Å². The summed E-state index contributed by atoms with van der Waals surface area (Å²) < 4.78 is 28.6. The maximum Gasteiger partial charge on any atom is 0.338 e. The van der Waals surface area contributed by atoms with E-state index >= 15 is 0 Å². The van der Waals surface area contributed by atoms with E-state index in [1.165, 1.54) is 12.1 Å². The van der Waals surface area contributed by atoms with E-state index in [2.05, 4.69) is 15.9 Å². The van der Waals surface area contributed by atoms with Crippen molar-refractivity contribution in [2.45, 2.75) is 38.2 Å². The number of hydrogen-bond acceptors (Lipinski definition) is 4. The second kappa shape index (κ2) is 5.22. The number of carbonyl (C=O) groups excluding carboxylic acids is 1. The van der Waals surface area contributed by atoms with Crippen LogP contribution in [0.15, 0.2) is 21.5 Å². The van der Waals surface area contributed by atoms with Crippen molar-refractivity contribution in [1.29, 1.82) is 0 Å². The van der Waals surface area contributed by atoms with Crippen molar-refractivity contribution in [3.05, 3.63) is 27.7 Å². The Morgan fingerprint density at radius 1 is 1.32 bits per heavy atom. The summed E-state index contributed by atoms with van der Waals surface area (Å²) in [5.41, 5.74) is -0.0674. The zero-order valence-corrected chi connectivity index (χ0v) is 13.6. The van der Waals surface area contributed by atoms with E-state index in [0.717, 1.165) is 0 Å². The lowest BCUT2D eigenvalue weighted by molar-refractivity contribution is 0.00692. The number of ether oxygens (including phenoxy) is 1.